The summed E-state index contributed by atoms with van der Waals surface area (Å²) in [5.41, 5.74) is 3.15. The summed E-state index contributed by atoms with van der Waals surface area (Å²) in [6.07, 6.45) is -6.80. The number of nitro groups is 1. The summed E-state index contributed by atoms with van der Waals surface area (Å²) < 4.78 is 58.8. The van der Waals surface area contributed by atoms with E-state index >= 15 is 0 Å². The molecule has 0 spiro atoms. The number of benzene rings is 1. The molecule has 2 aliphatic heterocycles. The fraction of sp³-hybridized carbons (Fsp3) is 0.462. The number of alkyl halides is 3. The van der Waals surface area contributed by atoms with Crippen LogP contribution in [-0.2, 0) is 10.3 Å². The van der Waals surface area contributed by atoms with Gasteiger partial charge in [0.2, 0.25) is 0 Å². The number of amidine groups is 1. The van der Waals surface area contributed by atoms with Crippen LogP contribution >= 0.6 is 11.8 Å². The van der Waals surface area contributed by atoms with E-state index in [-0.39, 0.29) is 16.5 Å². The lowest BCUT2D eigenvalue weighted by molar-refractivity contribution is -0.385. The van der Waals surface area contributed by atoms with Crippen molar-refractivity contribution in [1.82, 2.24) is 0 Å². The van der Waals surface area contributed by atoms with Crippen LogP contribution in [0.25, 0.3) is 0 Å². The van der Waals surface area contributed by atoms with Crippen LogP contribution in [0.15, 0.2) is 23.2 Å². The van der Waals surface area contributed by atoms with E-state index in [1.54, 1.807) is 0 Å². The van der Waals surface area contributed by atoms with Gasteiger partial charge in [0.1, 0.15) is 11.4 Å². The fourth-order valence-electron chi connectivity index (χ4n) is 3.05. The summed E-state index contributed by atoms with van der Waals surface area (Å²) in [4.78, 5) is 14.2. The quantitative estimate of drug-likeness (QED) is 0.494. The minimum Gasteiger partial charge on any atom is -0.379 e. The van der Waals surface area contributed by atoms with E-state index in [0.717, 1.165) is 30.0 Å². The Bertz CT molecular complexity index is 727. The first-order valence-electron chi connectivity index (χ1n) is 6.76. The Morgan fingerprint density at radius 1 is 1.46 bits per heavy atom. The number of nitrogens with two attached hydrogens (primary N) is 1. The number of ether oxygens (including phenoxy) is 1. The van der Waals surface area contributed by atoms with Crippen LogP contribution in [0.2, 0.25) is 0 Å². The van der Waals surface area contributed by atoms with Crippen molar-refractivity contribution in [2.75, 3.05) is 12.4 Å². The summed E-state index contributed by atoms with van der Waals surface area (Å²) in [5, 5.41) is 10.9. The highest BCUT2D eigenvalue weighted by atomic mass is 32.2. The van der Waals surface area contributed by atoms with Gasteiger partial charge in [0.25, 0.3) is 5.69 Å². The van der Waals surface area contributed by atoms with Crippen LogP contribution in [0.5, 0.6) is 0 Å². The molecule has 0 amide bonds. The van der Waals surface area contributed by atoms with Gasteiger partial charge in [0.05, 0.1) is 11.5 Å². The molecular weight excluding hydrogens is 354 g/mol. The van der Waals surface area contributed by atoms with Gasteiger partial charge in [-0.2, -0.15) is 13.2 Å². The second kappa shape index (κ2) is 5.59. The monoisotopic (exact) mass is 365 g/mol. The fourth-order valence-corrected chi connectivity index (χ4v) is 4.08. The van der Waals surface area contributed by atoms with Gasteiger partial charge in [-0.15, -0.1) is 0 Å². The van der Waals surface area contributed by atoms with Crippen LogP contribution in [0.1, 0.15) is 5.56 Å². The zero-order valence-electron chi connectivity index (χ0n) is 11.9. The molecule has 130 valence electrons. The molecule has 2 aliphatic rings. The summed E-state index contributed by atoms with van der Waals surface area (Å²) in [5.74, 6) is -2.20. The van der Waals surface area contributed by atoms with Gasteiger partial charge < -0.3 is 10.5 Å². The predicted octanol–water partition coefficient (Wildman–Crippen LogP) is 2.57. The maximum atomic E-state index is 14.3. The van der Waals surface area contributed by atoms with Gasteiger partial charge in [-0.05, 0) is 6.07 Å². The molecule has 0 aliphatic carbocycles. The largest absolute Gasteiger partial charge is 0.415 e. The molecule has 0 radical (unpaired) electrons. The lowest BCUT2D eigenvalue weighted by Crippen LogP contribution is -2.46. The first-order valence-corrected chi connectivity index (χ1v) is 7.74. The number of nitro benzene ring substituents is 1. The Kier molecular flexibility index (Phi) is 3.95. The number of non-ortho nitro benzene ring substituents is 1. The lowest BCUT2D eigenvalue weighted by Gasteiger charge is -2.36. The summed E-state index contributed by atoms with van der Waals surface area (Å²) >= 11 is 0.915. The van der Waals surface area contributed by atoms with Crippen molar-refractivity contribution in [3.8, 4) is 0 Å². The number of fused-ring (bicyclic) bond motifs is 1. The molecule has 24 heavy (non-hydrogen) atoms. The molecule has 1 saturated heterocycles. The Labute approximate surface area is 137 Å². The molecule has 3 atom stereocenters. The van der Waals surface area contributed by atoms with Crippen LogP contribution in [-0.4, -0.2) is 34.7 Å². The number of thioether (sulfide) groups is 1. The molecule has 1 aromatic carbocycles. The standard InChI is InChI=1S/C13H11F4N3O3S/c14-9-2-1-6(20(21)22)3-7(9)12-5-23-10(13(15,16)17)8(12)4-24-11(18)19-12/h1-3,8,10H,4-5H2,(H2,18,19). The maximum absolute atomic E-state index is 14.3. The van der Waals surface area contributed by atoms with E-state index in [1.165, 1.54) is 0 Å². The van der Waals surface area contributed by atoms with Gasteiger partial charge in [-0.1, -0.05) is 11.8 Å². The number of hydrogen-bond acceptors (Lipinski definition) is 6. The zero-order valence-corrected chi connectivity index (χ0v) is 12.7. The average Bonchev–Trinajstić information content (AvgIpc) is 2.86. The number of aliphatic imine (C=N–C) groups is 1. The predicted molar refractivity (Wildman–Crippen MR) is 78.1 cm³/mol. The van der Waals surface area contributed by atoms with E-state index in [4.69, 9.17) is 10.5 Å². The molecule has 2 heterocycles. The Balaban J connectivity index is 2.17. The average molecular weight is 365 g/mol. The normalized spacial score (nSPS) is 29.9. The van der Waals surface area contributed by atoms with E-state index < -0.39 is 46.8 Å². The van der Waals surface area contributed by atoms with Gasteiger partial charge in [0, 0.05) is 29.4 Å². The van der Waals surface area contributed by atoms with Crippen LogP contribution in [0.3, 0.4) is 0 Å². The second-order valence-corrected chi connectivity index (χ2v) is 6.53. The topological polar surface area (TPSA) is 90.8 Å². The maximum Gasteiger partial charge on any atom is 0.415 e. The number of hydrogen-bond donors (Lipinski definition) is 1. The molecule has 3 unspecified atom stereocenters. The van der Waals surface area contributed by atoms with Crippen molar-refractivity contribution in [3.63, 3.8) is 0 Å². The van der Waals surface area contributed by atoms with E-state index in [1.807, 2.05) is 0 Å². The summed E-state index contributed by atoms with van der Waals surface area (Å²) in [7, 11) is 0. The molecule has 1 fully saturated rings. The highest BCUT2D eigenvalue weighted by Crippen LogP contribution is 2.52. The molecule has 11 heteroatoms. The molecule has 0 saturated carbocycles. The van der Waals surface area contributed by atoms with Crippen LogP contribution in [0.4, 0.5) is 23.2 Å². The first-order chi connectivity index (χ1) is 11.1. The van der Waals surface area contributed by atoms with E-state index in [2.05, 4.69) is 4.99 Å². The van der Waals surface area contributed by atoms with Crippen molar-refractivity contribution < 1.29 is 27.2 Å². The third kappa shape index (κ3) is 2.61. The van der Waals surface area contributed by atoms with Crippen molar-refractivity contribution in [2.24, 2.45) is 16.6 Å². The highest BCUT2D eigenvalue weighted by Gasteiger charge is 2.62. The van der Waals surface area contributed by atoms with Gasteiger partial charge >= 0.3 is 6.18 Å². The summed E-state index contributed by atoms with van der Waals surface area (Å²) in [6, 6.07) is 2.68. The van der Waals surface area contributed by atoms with Crippen molar-refractivity contribution in [2.45, 2.75) is 17.8 Å². The highest BCUT2D eigenvalue weighted by molar-refractivity contribution is 8.13. The van der Waals surface area contributed by atoms with E-state index in [0.29, 0.717) is 0 Å². The van der Waals surface area contributed by atoms with E-state index in [9.17, 15) is 27.7 Å². The SMILES string of the molecule is NC1=NC2(c3cc([N+](=O)[O-])ccc3F)COC(C(F)(F)F)C2CS1. The van der Waals surface area contributed by atoms with Crippen molar-refractivity contribution >= 4 is 22.6 Å². The minimum atomic E-state index is -4.66. The van der Waals surface area contributed by atoms with Crippen LogP contribution < -0.4 is 5.73 Å². The van der Waals surface area contributed by atoms with Gasteiger partial charge in [-0.25, -0.2) is 9.38 Å². The smallest absolute Gasteiger partial charge is 0.379 e. The molecule has 0 aromatic heterocycles. The second-order valence-electron chi connectivity index (χ2n) is 5.49. The molecule has 2 N–H and O–H groups in total. The van der Waals surface area contributed by atoms with Crippen molar-refractivity contribution in [3.05, 3.63) is 39.7 Å². The lowest BCUT2D eigenvalue weighted by atomic mass is 9.78. The minimum absolute atomic E-state index is 0.0106. The third-order valence-electron chi connectivity index (χ3n) is 4.13. The molecule has 6 nitrogen and oxygen atoms in total. The molecule has 1 aromatic rings. The van der Waals surface area contributed by atoms with Gasteiger partial charge in [-0.3, -0.25) is 10.1 Å². The number of nitrogens with zero attached hydrogens (tertiary/aromatic N) is 2. The Hall–Kier alpha value is -1.88. The van der Waals surface area contributed by atoms with Crippen LogP contribution in [0, 0.1) is 21.8 Å². The zero-order chi connectivity index (χ0) is 17.7. The van der Waals surface area contributed by atoms with Gasteiger partial charge in [0.15, 0.2) is 11.3 Å². The Morgan fingerprint density at radius 2 is 2.17 bits per heavy atom. The number of halogens is 4. The summed E-state index contributed by atoms with van der Waals surface area (Å²) in [6.45, 7) is -0.554. The molecule has 3 rings (SSSR count). The number of rotatable bonds is 2. The van der Waals surface area contributed by atoms with Crippen molar-refractivity contribution in [1.29, 1.82) is 0 Å². The molecule has 0 bridgehead atoms. The third-order valence-corrected chi connectivity index (χ3v) is 5.04. The first kappa shape index (κ1) is 17.0. The Morgan fingerprint density at radius 3 is 2.79 bits per heavy atom. The molecular formula is C13H11F4N3O3S.